The first-order valence-electron chi connectivity index (χ1n) is 7.06. The normalized spacial score (nSPS) is 17.6. The molecule has 2 aromatic heterocycles. The summed E-state index contributed by atoms with van der Waals surface area (Å²) in [5.41, 5.74) is 2.04. The van der Waals surface area contributed by atoms with Gasteiger partial charge in [-0.1, -0.05) is 13.0 Å². The van der Waals surface area contributed by atoms with Crippen molar-refractivity contribution in [3.63, 3.8) is 0 Å². The number of hydrogen-bond acceptors (Lipinski definition) is 3. The largest absolute Gasteiger partial charge is 0.478 e. The van der Waals surface area contributed by atoms with Crippen LogP contribution in [-0.2, 0) is 6.54 Å². The number of rotatable bonds is 3. The van der Waals surface area contributed by atoms with Crippen LogP contribution in [0.15, 0.2) is 24.5 Å². The van der Waals surface area contributed by atoms with Crippen LogP contribution in [0, 0.1) is 5.92 Å². The highest BCUT2D eigenvalue weighted by atomic mass is 16.4. The lowest BCUT2D eigenvalue weighted by Crippen LogP contribution is -2.32. The molecule has 5 nitrogen and oxygen atoms in total. The van der Waals surface area contributed by atoms with Gasteiger partial charge in [0.2, 0.25) is 0 Å². The van der Waals surface area contributed by atoms with Gasteiger partial charge in [0.15, 0.2) is 0 Å². The minimum absolute atomic E-state index is 0.283. The van der Waals surface area contributed by atoms with Gasteiger partial charge in [-0.25, -0.2) is 9.31 Å². The summed E-state index contributed by atoms with van der Waals surface area (Å²) >= 11 is 0. The van der Waals surface area contributed by atoms with Crippen LogP contribution in [0.4, 0.5) is 0 Å². The Labute approximate surface area is 117 Å². The Balaban J connectivity index is 1.91. The lowest BCUT2D eigenvalue weighted by atomic mass is 9.98. The van der Waals surface area contributed by atoms with Crippen molar-refractivity contribution >= 4 is 11.5 Å². The standard InChI is InChI=1S/C15H19N3O2/c1-11-4-7-17(8-5-11)10-12-3-2-6-18-14(12)13(9-16-18)15(19)20/h2-3,6,9,11H,4-5,7-8,10H2,1H3,(H,19,20). The smallest absolute Gasteiger partial charge is 0.339 e. The van der Waals surface area contributed by atoms with Crippen molar-refractivity contribution in [3.05, 3.63) is 35.7 Å². The maximum atomic E-state index is 11.3. The number of carboxylic acid groups (broad SMARTS) is 1. The minimum atomic E-state index is -0.917. The van der Waals surface area contributed by atoms with E-state index in [1.807, 2.05) is 12.1 Å². The Bertz CT molecular complexity index is 627. The molecule has 1 aliphatic rings. The van der Waals surface area contributed by atoms with Crippen molar-refractivity contribution in [1.29, 1.82) is 0 Å². The fourth-order valence-electron chi connectivity index (χ4n) is 2.86. The molecule has 1 aliphatic heterocycles. The minimum Gasteiger partial charge on any atom is -0.478 e. The Morgan fingerprint density at radius 3 is 2.90 bits per heavy atom. The number of fused-ring (bicyclic) bond motifs is 1. The predicted octanol–water partition coefficient (Wildman–Crippen LogP) is 2.26. The molecule has 1 N–H and O–H groups in total. The zero-order valence-corrected chi connectivity index (χ0v) is 11.6. The van der Waals surface area contributed by atoms with Crippen molar-refractivity contribution in [2.45, 2.75) is 26.3 Å². The molecule has 0 radical (unpaired) electrons. The summed E-state index contributed by atoms with van der Waals surface area (Å²) in [5.74, 6) is -0.119. The fourth-order valence-corrected chi connectivity index (χ4v) is 2.86. The molecule has 0 amide bonds. The Morgan fingerprint density at radius 1 is 1.45 bits per heavy atom. The highest BCUT2D eigenvalue weighted by Crippen LogP contribution is 2.22. The number of carbonyl (C=O) groups is 1. The van der Waals surface area contributed by atoms with Crippen LogP contribution < -0.4 is 0 Å². The molecule has 3 heterocycles. The van der Waals surface area contributed by atoms with Gasteiger partial charge in [0.25, 0.3) is 0 Å². The molecular formula is C15H19N3O2. The number of pyridine rings is 1. The molecule has 1 fully saturated rings. The second kappa shape index (κ2) is 5.25. The average Bonchev–Trinajstić information content (AvgIpc) is 2.86. The van der Waals surface area contributed by atoms with Crippen LogP contribution in [0.5, 0.6) is 0 Å². The monoisotopic (exact) mass is 273 g/mol. The molecule has 0 bridgehead atoms. The lowest BCUT2D eigenvalue weighted by molar-refractivity contribution is 0.0699. The van der Waals surface area contributed by atoms with Gasteiger partial charge in [-0.05, 0) is 43.5 Å². The van der Waals surface area contributed by atoms with Crippen molar-refractivity contribution in [2.75, 3.05) is 13.1 Å². The van der Waals surface area contributed by atoms with E-state index in [4.69, 9.17) is 0 Å². The third kappa shape index (κ3) is 2.41. The van der Waals surface area contributed by atoms with Gasteiger partial charge in [0.1, 0.15) is 5.56 Å². The van der Waals surface area contributed by atoms with Gasteiger partial charge >= 0.3 is 5.97 Å². The molecular weight excluding hydrogens is 254 g/mol. The Hall–Kier alpha value is -1.88. The predicted molar refractivity (Wildman–Crippen MR) is 75.8 cm³/mol. The third-order valence-electron chi connectivity index (χ3n) is 4.12. The van der Waals surface area contributed by atoms with E-state index in [2.05, 4.69) is 16.9 Å². The maximum Gasteiger partial charge on any atom is 0.339 e. The fraction of sp³-hybridized carbons (Fsp3) is 0.467. The Morgan fingerprint density at radius 2 is 2.20 bits per heavy atom. The zero-order valence-electron chi connectivity index (χ0n) is 11.6. The molecule has 0 unspecified atom stereocenters. The summed E-state index contributed by atoms with van der Waals surface area (Å²) in [5, 5.41) is 13.4. The number of carboxylic acids is 1. The molecule has 5 heteroatoms. The van der Waals surface area contributed by atoms with E-state index in [1.165, 1.54) is 19.0 Å². The van der Waals surface area contributed by atoms with Crippen LogP contribution in [-0.4, -0.2) is 38.7 Å². The summed E-state index contributed by atoms with van der Waals surface area (Å²) in [6.45, 7) is 5.25. The zero-order chi connectivity index (χ0) is 14.1. The van der Waals surface area contributed by atoms with E-state index < -0.39 is 5.97 Å². The summed E-state index contributed by atoms with van der Waals surface area (Å²) in [7, 11) is 0. The second-order valence-corrected chi connectivity index (χ2v) is 5.65. The number of aromatic nitrogens is 2. The highest BCUT2D eigenvalue weighted by molar-refractivity contribution is 5.96. The molecule has 20 heavy (non-hydrogen) atoms. The van der Waals surface area contributed by atoms with E-state index in [9.17, 15) is 9.90 Å². The molecule has 0 atom stereocenters. The van der Waals surface area contributed by atoms with Crippen LogP contribution in [0.1, 0.15) is 35.7 Å². The van der Waals surface area contributed by atoms with E-state index in [1.54, 1.807) is 10.7 Å². The van der Waals surface area contributed by atoms with E-state index >= 15 is 0 Å². The molecule has 0 aromatic carbocycles. The van der Waals surface area contributed by atoms with Crippen molar-refractivity contribution < 1.29 is 9.90 Å². The van der Waals surface area contributed by atoms with Gasteiger partial charge in [-0.2, -0.15) is 5.10 Å². The van der Waals surface area contributed by atoms with Gasteiger partial charge in [0.05, 0.1) is 11.7 Å². The van der Waals surface area contributed by atoms with Crippen molar-refractivity contribution in [1.82, 2.24) is 14.5 Å². The molecule has 3 rings (SSSR count). The molecule has 0 spiro atoms. The van der Waals surface area contributed by atoms with Gasteiger partial charge < -0.3 is 5.11 Å². The average molecular weight is 273 g/mol. The molecule has 1 saturated heterocycles. The highest BCUT2D eigenvalue weighted by Gasteiger charge is 2.19. The first kappa shape index (κ1) is 13.1. The molecule has 106 valence electrons. The van der Waals surface area contributed by atoms with Crippen LogP contribution in [0.3, 0.4) is 0 Å². The van der Waals surface area contributed by atoms with Crippen LogP contribution in [0.2, 0.25) is 0 Å². The van der Waals surface area contributed by atoms with E-state index in [0.717, 1.165) is 36.6 Å². The summed E-state index contributed by atoms with van der Waals surface area (Å²) < 4.78 is 1.66. The summed E-state index contributed by atoms with van der Waals surface area (Å²) in [4.78, 5) is 13.7. The maximum absolute atomic E-state index is 11.3. The summed E-state index contributed by atoms with van der Waals surface area (Å²) in [6.07, 6.45) is 5.66. The molecule has 2 aromatic rings. The molecule has 0 aliphatic carbocycles. The van der Waals surface area contributed by atoms with E-state index in [-0.39, 0.29) is 5.56 Å². The Kier molecular flexibility index (Phi) is 3.44. The third-order valence-corrected chi connectivity index (χ3v) is 4.12. The van der Waals surface area contributed by atoms with Crippen molar-refractivity contribution in [2.24, 2.45) is 5.92 Å². The number of likely N-dealkylation sites (tertiary alicyclic amines) is 1. The van der Waals surface area contributed by atoms with Crippen molar-refractivity contribution in [3.8, 4) is 0 Å². The number of hydrogen-bond donors (Lipinski definition) is 1. The first-order chi connectivity index (χ1) is 9.65. The topological polar surface area (TPSA) is 57.8 Å². The van der Waals surface area contributed by atoms with Gasteiger partial charge in [-0.3, -0.25) is 4.90 Å². The number of nitrogens with zero attached hydrogens (tertiary/aromatic N) is 3. The lowest BCUT2D eigenvalue weighted by Gasteiger charge is -2.30. The van der Waals surface area contributed by atoms with E-state index in [0.29, 0.717) is 0 Å². The number of piperidine rings is 1. The number of aromatic carboxylic acids is 1. The summed E-state index contributed by atoms with van der Waals surface area (Å²) in [6, 6.07) is 3.93. The quantitative estimate of drug-likeness (QED) is 0.932. The van der Waals surface area contributed by atoms with Crippen LogP contribution in [0.25, 0.3) is 5.52 Å². The first-order valence-corrected chi connectivity index (χ1v) is 7.06. The SMILES string of the molecule is CC1CCN(Cc2cccn3ncc(C(=O)O)c23)CC1. The molecule has 0 saturated carbocycles. The van der Waals surface area contributed by atoms with Crippen LogP contribution >= 0.6 is 0 Å². The van der Waals surface area contributed by atoms with Gasteiger partial charge in [-0.15, -0.1) is 0 Å². The van der Waals surface area contributed by atoms with Gasteiger partial charge in [0, 0.05) is 12.7 Å². The second-order valence-electron chi connectivity index (χ2n) is 5.65.